The average molecular weight is 415 g/mol. The first-order chi connectivity index (χ1) is 13.5. The highest BCUT2D eigenvalue weighted by Crippen LogP contribution is 2.38. The number of aliphatic carboxylic acids is 1. The highest BCUT2D eigenvalue weighted by molar-refractivity contribution is 6.35. The number of carbonyl (C=O) groups is 1. The number of likely N-dealkylation sites (tertiary alicyclic amines) is 1. The lowest BCUT2D eigenvalue weighted by Crippen LogP contribution is -2.47. The van der Waals surface area contributed by atoms with Crippen LogP contribution < -0.4 is 0 Å². The lowest BCUT2D eigenvalue weighted by Gasteiger charge is -2.39. The van der Waals surface area contributed by atoms with E-state index < -0.39 is 12.0 Å². The lowest BCUT2D eigenvalue weighted by atomic mass is 9.93. The molecule has 1 N–H and O–H groups in total. The molecule has 0 saturated carbocycles. The van der Waals surface area contributed by atoms with Gasteiger partial charge in [0, 0.05) is 15.4 Å². The van der Waals surface area contributed by atoms with Crippen LogP contribution >= 0.6 is 23.2 Å². The molecule has 1 saturated heterocycles. The maximum absolute atomic E-state index is 12.0. The van der Waals surface area contributed by atoms with Crippen LogP contribution in [0.3, 0.4) is 0 Å². The second-order valence-corrected chi connectivity index (χ2v) is 7.93. The minimum atomic E-state index is -0.810. The van der Waals surface area contributed by atoms with Crippen molar-refractivity contribution in [2.45, 2.75) is 31.3 Å². The molecule has 4 rings (SSSR count). The Morgan fingerprint density at radius 3 is 2.71 bits per heavy atom. The van der Waals surface area contributed by atoms with Crippen LogP contribution in [0.2, 0.25) is 10.0 Å². The number of benzene rings is 2. The monoisotopic (exact) mass is 414 g/mol. The van der Waals surface area contributed by atoms with Crippen molar-refractivity contribution in [3.8, 4) is 0 Å². The number of nitrogens with zero attached hydrogens (tertiary/aromatic N) is 2. The molecule has 144 valence electrons. The van der Waals surface area contributed by atoms with Crippen molar-refractivity contribution in [1.82, 2.24) is 9.88 Å². The Balaban J connectivity index is 1.88. The molecule has 0 spiro atoms. The second kappa shape index (κ2) is 8.08. The van der Waals surface area contributed by atoms with E-state index in [-0.39, 0.29) is 6.04 Å². The first-order valence-corrected chi connectivity index (χ1v) is 10.1. The summed E-state index contributed by atoms with van der Waals surface area (Å²) in [4.78, 5) is 18.8. The number of rotatable bonds is 4. The summed E-state index contributed by atoms with van der Waals surface area (Å²) in [5.74, 6) is -0.810. The molecule has 28 heavy (non-hydrogen) atoms. The van der Waals surface area contributed by atoms with Gasteiger partial charge < -0.3 is 5.11 Å². The van der Waals surface area contributed by atoms with E-state index in [4.69, 9.17) is 28.2 Å². The molecule has 6 heteroatoms. The van der Waals surface area contributed by atoms with E-state index in [1.165, 1.54) is 0 Å². The number of halogens is 2. The van der Waals surface area contributed by atoms with Gasteiger partial charge in [-0.1, -0.05) is 60.0 Å². The number of fused-ring (bicyclic) bond motifs is 1. The minimum absolute atomic E-state index is 0.351. The van der Waals surface area contributed by atoms with Crippen molar-refractivity contribution < 1.29 is 9.90 Å². The molecular formula is C22H20Cl2N2O2. The second-order valence-electron chi connectivity index (χ2n) is 7.08. The molecule has 2 heterocycles. The third-order valence-corrected chi connectivity index (χ3v) is 5.88. The number of pyridine rings is 1. The zero-order valence-corrected chi connectivity index (χ0v) is 16.7. The highest BCUT2D eigenvalue weighted by Gasteiger charge is 2.36. The van der Waals surface area contributed by atoms with E-state index in [2.05, 4.69) is 0 Å². The van der Waals surface area contributed by atoms with E-state index in [0.29, 0.717) is 23.0 Å². The van der Waals surface area contributed by atoms with Gasteiger partial charge in [-0.3, -0.25) is 14.7 Å². The smallest absolute Gasteiger partial charge is 0.320 e. The van der Waals surface area contributed by atoms with Crippen molar-refractivity contribution in [2.75, 3.05) is 6.54 Å². The molecule has 1 aromatic heterocycles. The zero-order chi connectivity index (χ0) is 19.7. The van der Waals surface area contributed by atoms with Crippen molar-refractivity contribution in [1.29, 1.82) is 0 Å². The Hall–Kier alpha value is -2.14. The van der Waals surface area contributed by atoms with Crippen LogP contribution in [0.1, 0.15) is 36.6 Å². The summed E-state index contributed by atoms with van der Waals surface area (Å²) in [6.07, 6.45) is 2.46. The number of piperidine rings is 1. The molecule has 4 nitrogen and oxygen atoms in total. The van der Waals surface area contributed by atoms with Gasteiger partial charge >= 0.3 is 5.97 Å². The van der Waals surface area contributed by atoms with E-state index in [9.17, 15) is 9.90 Å². The third kappa shape index (κ3) is 3.72. The molecule has 2 aromatic carbocycles. The lowest BCUT2D eigenvalue weighted by molar-refractivity contribution is -0.145. The first-order valence-electron chi connectivity index (χ1n) is 9.34. The van der Waals surface area contributed by atoms with Gasteiger partial charge in [-0.05, 0) is 49.2 Å². The van der Waals surface area contributed by atoms with Crippen LogP contribution in [0.25, 0.3) is 10.9 Å². The molecule has 0 radical (unpaired) electrons. The Morgan fingerprint density at radius 1 is 1.11 bits per heavy atom. The Bertz CT molecular complexity index is 1020. The number of carboxylic acids is 1. The Labute approximate surface area is 173 Å². The van der Waals surface area contributed by atoms with Crippen LogP contribution in [-0.2, 0) is 4.79 Å². The molecule has 0 amide bonds. The van der Waals surface area contributed by atoms with Crippen LogP contribution in [0.15, 0.2) is 54.6 Å². The van der Waals surface area contributed by atoms with E-state index >= 15 is 0 Å². The number of para-hydroxylation sites is 1. The summed E-state index contributed by atoms with van der Waals surface area (Å²) < 4.78 is 0. The van der Waals surface area contributed by atoms with Crippen LogP contribution in [0.5, 0.6) is 0 Å². The summed E-state index contributed by atoms with van der Waals surface area (Å²) in [7, 11) is 0. The predicted octanol–water partition coefficient (Wildman–Crippen LogP) is 5.57. The minimum Gasteiger partial charge on any atom is -0.480 e. The van der Waals surface area contributed by atoms with Gasteiger partial charge in [-0.2, -0.15) is 0 Å². The van der Waals surface area contributed by atoms with Gasteiger partial charge in [0.25, 0.3) is 0 Å². The highest BCUT2D eigenvalue weighted by atomic mass is 35.5. The number of carboxylic acid groups (broad SMARTS) is 1. The topological polar surface area (TPSA) is 53.4 Å². The zero-order valence-electron chi connectivity index (χ0n) is 15.2. The summed E-state index contributed by atoms with van der Waals surface area (Å²) in [6, 6.07) is 16.3. The van der Waals surface area contributed by atoms with Crippen molar-refractivity contribution in [3.63, 3.8) is 0 Å². The fraction of sp³-hybridized carbons (Fsp3) is 0.273. The molecular weight excluding hydrogens is 395 g/mol. The van der Waals surface area contributed by atoms with E-state index in [1.807, 2.05) is 47.4 Å². The molecule has 1 fully saturated rings. The largest absolute Gasteiger partial charge is 0.480 e. The Kier molecular flexibility index (Phi) is 5.54. The summed E-state index contributed by atoms with van der Waals surface area (Å²) >= 11 is 12.7. The van der Waals surface area contributed by atoms with Crippen molar-refractivity contribution in [2.24, 2.45) is 0 Å². The molecule has 2 unspecified atom stereocenters. The van der Waals surface area contributed by atoms with Gasteiger partial charge in [0.2, 0.25) is 0 Å². The predicted molar refractivity (Wildman–Crippen MR) is 112 cm³/mol. The SMILES string of the molecule is O=C(O)C1CCCCN1C(c1ccc2ccccc2n1)c1ccc(Cl)cc1Cl. The summed E-state index contributed by atoms with van der Waals surface area (Å²) in [5, 5.41) is 11.9. The Morgan fingerprint density at radius 2 is 1.93 bits per heavy atom. The van der Waals surface area contributed by atoms with Gasteiger partial charge in [0.15, 0.2) is 0 Å². The number of hydrogen-bond acceptors (Lipinski definition) is 3. The van der Waals surface area contributed by atoms with Crippen molar-refractivity contribution in [3.05, 3.63) is 75.9 Å². The molecule has 0 aliphatic carbocycles. The number of aromatic nitrogens is 1. The average Bonchev–Trinajstić information content (AvgIpc) is 2.70. The van der Waals surface area contributed by atoms with Crippen LogP contribution in [0, 0.1) is 0 Å². The fourth-order valence-electron chi connectivity index (χ4n) is 3.99. The third-order valence-electron chi connectivity index (χ3n) is 5.32. The van der Waals surface area contributed by atoms with Crippen molar-refractivity contribution >= 4 is 40.1 Å². The standard InChI is InChI=1S/C22H20Cl2N2O2/c23-15-9-10-16(17(24)13-15)21(26-12-4-3-7-20(26)22(27)28)19-11-8-14-5-1-2-6-18(14)25-19/h1-2,5-6,8-11,13,20-21H,3-4,7,12H2,(H,27,28). The van der Waals surface area contributed by atoms with E-state index in [0.717, 1.165) is 35.0 Å². The summed E-state index contributed by atoms with van der Waals surface area (Å²) in [5.41, 5.74) is 2.48. The molecule has 3 aromatic rings. The first kappa shape index (κ1) is 19.2. The quantitative estimate of drug-likeness (QED) is 0.605. The molecule has 1 aliphatic heterocycles. The van der Waals surface area contributed by atoms with Gasteiger partial charge in [-0.25, -0.2) is 0 Å². The van der Waals surface area contributed by atoms with Gasteiger partial charge in [0.05, 0.1) is 17.3 Å². The van der Waals surface area contributed by atoms with Gasteiger partial charge in [-0.15, -0.1) is 0 Å². The maximum atomic E-state index is 12.0. The maximum Gasteiger partial charge on any atom is 0.320 e. The van der Waals surface area contributed by atoms with Crippen LogP contribution in [-0.4, -0.2) is 33.5 Å². The normalized spacial score (nSPS) is 18.9. The molecule has 0 bridgehead atoms. The molecule has 2 atom stereocenters. The van der Waals surface area contributed by atoms with E-state index in [1.54, 1.807) is 12.1 Å². The van der Waals surface area contributed by atoms with Crippen LogP contribution in [0.4, 0.5) is 0 Å². The summed E-state index contributed by atoms with van der Waals surface area (Å²) in [6.45, 7) is 0.676. The fourth-order valence-corrected chi connectivity index (χ4v) is 4.51. The van der Waals surface area contributed by atoms with Gasteiger partial charge in [0.1, 0.15) is 6.04 Å². The molecule has 1 aliphatic rings. The number of hydrogen-bond donors (Lipinski definition) is 1.